The molecule has 0 bridgehead atoms. The lowest BCUT2D eigenvalue weighted by atomic mass is 10.1. The van der Waals surface area contributed by atoms with Gasteiger partial charge in [0.15, 0.2) is 0 Å². The van der Waals surface area contributed by atoms with Crippen molar-refractivity contribution in [1.29, 1.82) is 0 Å². The molecule has 0 saturated carbocycles. The van der Waals surface area contributed by atoms with Gasteiger partial charge in [0.2, 0.25) is 0 Å². The van der Waals surface area contributed by atoms with Crippen molar-refractivity contribution in [1.82, 2.24) is 0 Å². The lowest BCUT2D eigenvalue weighted by Crippen LogP contribution is -2.08. The molecule has 100 valence electrons. The maximum Gasteiger partial charge on any atom is 0.125 e. The Bertz CT molecular complexity index is 582. The van der Waals surface area contributed by atoms with Gasteiger partial charge in [-0.1, -0.05) is 6.07 Å². The highest BCUT2D eigenvalue weighted by Gasteiger charge is 2.03. The first-order chi connectivity index (χ1) is 9.06. The highest BCUT2D eigenvalue weighted by atomic mass is 19.1. The predicted molar refractivity (Wildman–Crippen MR) is 74.1 cm³/mol. The molecule has 0 atom stereocenters. The Kier molecular flexibility index (Phi) is 4.00. The van der Waals surface area contributed by atoms with E-state index in [9.17, 15) is 8.78 Å². The van der Waals surface area contributed by atoms with Crippen LogP contribution in [0.2, 0.25) is 0 Å². The average molecular weight is 262 g/mol. The smallest absolute Gasteiger partial charge is 0.125 e. The summed E-state index contributed by atoms with van der Waals surface area (Å²) in [6.45, 7) is 2.48. The molecular formula is C15H16F2N2. The molecule has 19 heavy (non-hydrogen) atoms. The molecule has 0 amide bonds. The molecule has 0 spiro atoms. The summed E-state index contributed by atoms with van der Waals surface area (Å²) >= 11 is 0. The number of hydrogen-bond donors (Lipinski definition) is 2. The zero-order valence-corrected chi connectivity index (χ0v) is 10.7. The Morgan fingerprint density at radius 1 is 1.05 bits per heavy atom. The SMILES string of the molecule is Cc1cc(F)ccc1CCNc1cc(F)ccc1N. The number of benzene rings is 2. The summed E-state index contributed by atoms with van der Waals surface area (Å²) in [5, 5.41) is 3.09. The van der Waals surface area contributed by atoms with Gasteiger partial charge in [0, 0.05) is 6.54 Å². The van der Waals surface area contributed by atoms with E-state index in [0.29, 0.717) is 17.9 Å². The van der Waals surface area contributed by atoms with Crippen LogP contribution in [0.5, 0.6) is 0 Å². The lowest BCUT2D eigenvalue weighted by Gasteiger charge is -2.10. The largest absolute Gasteiger partial charge is 0.397 e. The van der Waals surface area contributed by atoms with Crippen molar-refractivity contribution in [2.45, 2.75) is 13.3 Å². The van der Waals surface area contributed by atoms with E-state index in [2.05, 4.69) is 5.32 Å². The van der Waals surface area contributed by atoms with Crippen molar-refractivity contribution in [3.05, 3.63) is 59.2 Å². The quantitative estimate of drug-likeness (QED) is 0.827. The van der Waals surface area contributed by atoms with E-state index in [4.69, 9.17) is 5.73 Å². The van der Waals surface area contributed by atoms with Crippen molar-refractivity contribution in [3.63, 3.8) is 0 Å². The maximum absolute atomic E-state index is 13.1. The first kappa shape index (κ1) is 13.3. The normalized spacial score (nSPS) is 10.5. The molecule has 0 aromatic heterocycles. The third kappa shape index (κ3) is 3.44. The fourth-order valence-corrected chi connectivity index (χ4v) is 1.95. The van der Waals surface area contributed by atoms with Crippen LogP contribution in [0.15, 0.2) is 36.4 Å². The number of hydrogen-bond acceptors (Lipinski definition) is 2. The van der Waals surface area contributed by atoms with Crippen molar-refractivity contribution < 1.29 is 8.78 Å². The lowest BCUT2D eigenvalue weighted by molar-refractivity contribution is 0.625. The van der Waals surface area contributed by atoms with Gasteiger partial charge in [-0.15, -0.1) is 0 Å². The molecule has 0 heterocycles. The summed E-state index contributed by atoms with van der Waals surface area (Å²) < 4.78 is 26.0. The first-order valence-corrected chi connectivity index (χ1v) is 6.10. The van der Waals surface area contributed by atoms with Crippen LogP contribution in [0.3, 0.4) is 0 Å². The van der Waals surface area contributed by atoms with Crippen molar-refractivity contribution in [2.24, 2.45) is 0 Å². The molecule has 2 aromatic carbocycles. The summed E-state index contributed by atoms with van der Waals surface area (Å²) in [6.07, 6.45) is 0.724. The van der Waals surface area contributed by atoms with Crippen LogP contribution in [0.4, 0.5) is 20.2 Å². The third-order valence-electron chi connectivity index (χ3n) is 3.03. The average Bonchev–Trinajstić information content (AvgIpc) is 2.36. The van der Waals surface area contributed by atoms with Gasteiger partial charge < -0.3 is 11.1 Å². The Balaban J connectivity index is 1.98. The van der Waals surface area contributed by atoms with Gasteiger partial charge in [-0.3, -0.25) is 0 Å². The van der Waals surface area contributed by atoms with Crippen molar-refractivity contribution in [3.8, 4) is 0 Å². The molecule has 0 saturated heterocycles. The van der Waals surface area contributed by atoms with E-state index in [1.54, 1.807) is 6.07 Å². The molecule has 2 nitrogen and oxygen atoms in total. The number of halogens is 2. The standard InChI is InChI=1S/C15H16F2N2/c1-10-8-12(16)3-2-11(10)6-7-19-15-9-13(17)4-5-14(15)18/h2-5,8-9,19H,6-7,18H2,1H3. The third-order valence-corrected chi connectivity index (χ3v) is 3.03. The van der Waals surface area contributed by atoms with Crippen molar-refractivity contribution >= 4 is 11.4 Å². The minimum atomic E-state index is -0.324. The van der Waals surface area contributed by atoms with Gasteiger partial charge in [-0.2, -0.15) is 0 Å². The summed E-state index contributed by atoms with van der Waals surface area (Å²) in [7, 11) is 0. The fraction of sp³-hybridized carbons (Fsp3) is 0.200. The van der Waals surface area contributed by atoms with Crippen LogP contribution >= 0.6 is 0 Å². The fourth-order valence-electron chi connectivity index (χ4n) is 1.95. The molecule has 2 rings (SSSR count). The minimum Gasteiger partial charge on any atom is -0.397 e. The van der Waals surface area contributed by atoms with Crippen LogP contribution in [0.25, 0.3) is 0 Å². The van der Waals surface area contributed by atoms with Gasteiger partial charge in [-0.05, 0) is 54.8 Å². The molecule has 2 aromatic rings. The second-order valence-electron chi connectivity index (χ2n) is 4.48. The van der Waals surface area contributed by atoms with E-state index in [0.717, 1.165) is 17.5 Å². The molecule has 0 aliphatic rings. The van der Waals surface area contributed by atoms with Gasteiger partial charge in [-0.25, -0.2) is 8.78 Å². The van der Waals surface area contributed by atoms with Crippen LogP contribution < -0.4 is 11.1 Å². The molecule has 3 N–H and O–H groups in total. The number of rotatable bonds is 4. The minimum absolute atomic E-state index is 0.233. The first-order valence-electron chi connectivity index (χ1n) is 6.10. The Morgan fingerprint density at radius 2 is 1.74 bits per heavy atom. The molecule has 0 fully saturated rings. The summed E-state index contributed by atoms with van der Waals surface area (Å²) in [5.41, 5.74) is 8.80. The second-order valence-corrected chi connectivity index (χ2v) is 4.48. The molecule has 0 aliphatic heterocycles. The number of aryl methyl sites for hydroxylation is 1. The van der Waals surface area contributed by atoms with Crippen LogP contribution in [0, 0.1) is 18.6 Å². The van der Waals surface area contributed by atoms with Crippen LogP contribution in [-0.2, 0) is 6.42 Å². The zero-order valence-electron chi connectivity index (χ0n) is 10.7. The van der Waals surface area contributed by atoms with Crippen LogP contribution in [-0.4, -0.2) is 6.54 Å². The van der Waals surface area contributed by atoms with Gasteiger partial charge in [0.1, 0.15) is 11.6 Å². The second kappa shape index (κ2) is 5.69. The van der Waals surface area contributed by atoms with E-state index in [1.165, 1.54) is 30.3 Å². The zero-order chi connectivity index (χ0) is 13.8. The highest BCUT2D eigenvalue weighted by molar-refractivity contribution is 5.65. The van der Waals surface area contributed by atoms with Gasteiger partial charge >= 0.3 is 0 Å². The maximum atomic E-state index is 13.1. The summed E-state index contributed by atoms with van der Waals surface area (Å²) in [6, 6.07) is 8.93. The molecular weight excluding hydrogens is 246 g/mol. The topological polar surface area (TPSA) is 38.0 Å². The molecule has 0 aliphatic carbocycles. The van der Waals surface area contributed by atoms with Crippen LogP contribution in [0.1, 0.15) is 11.1 Å². The molecule has 4 heteroatoms. The Morgan fingerprint density at radius 3 is 2.47 bits per heavy atom. The number of nitrogens with two attached hydrogens (primary N) is 1. The molecule has 0 unspecified atom stereocenters. The van der Waals surface area contributed by atoms with E-state index in [-0.39, 0.29) is 11.6 Å². The summed E-state index contributed by atoms with van der Waals surface area (Å²) in [5.74, 6) is -0.557. The number of nitrogen functional groups attached to an aromatic ring is 1. The van der Waals surface area contributed by atoms with E-state index >= 15 is 0 Å². The van der Waals surface area contributed by atoms with E-state index < -0.39 is 0 Å². The van der Waals surface area contributed by atoms with Crippen molar-refractivity contribution in [2.75, 3.05) is 17.6 Å². The Hall–Kier alpha value is -2.10. The Labute approximate surface area is 111 Å². The van der Waals surface area contributed by atoms with Gasteiger partial charge in [0.25, 0.3) is 0 Å². The number of nitrogens with one attached hydrogen (secondary N) is 1. The monoisotopic (exact) mass is 262 g/mol. The predicted octanol–water partition coefficient (Wildman–Crippen LogP) is 3.51. The summed E-state index contributed by atoms with van der Waals surface area (Å²) in [4.78, 5) is 0. The number of anilines is 2. The molecule has 0 radical (unpaired) electrons. The highest BCUT2D eigenvalue weighted by Crippen LogP contribution is 2.19. The van der Waals surface area contributed by atoms with E-state index in [1.807, 2.05) is 6.92 Å². The van der Waals surface area contributed by atoms with Gasteiger partial charge in [0.05, 0.1) is 11.4 Å².